The van der Waals surface area contributed by atoms with Gasteiger partial charge in [0.2, 0.25) is 0 Å². The van der Waals surface area contributed by atoms with Crippen LogP contribution in [0.2, 0.25) is 0 Å². The normalized spacial score (nSPS) is 14.4. The highest BCUT2D eigenvalue weighted by molar-refractivity contribution is 5.28. The molecule has 88 valence electrons. The van der Waals surface area contributed by atoms with E-state index in [1.54, 1.807) is 0 Å². The molecule has 3 heteroatoms. The summed E-state index contributed by atoms with van der Waals surface area (Å²) in [4.78, 5) is 4.59. The van der Waals surface area contributed by atoms with Gasteiger partial charge in [0.15, 0.2) is 0 Å². The van der Waals surface area contributed by atoms with Gasteiger partial charge in [0.1, 0.15) is 5.75 Å². The third-order valence-electron chi connectivity index (χ3n) is 3.29. The van der Waals surface area contributed by atoms with Crippen molar-refractivity contribution in [3.05, 3.63) is 41.7 Å². The van der Waals surface area contributed by atoms with Crippen LogP contribution in [0.4, 0.5) is 0 Å². The number of aryl methyl sites for hydroxylation is 1. The number of ether oxygens (including phenoxy) is 1. The van der Waals surface area contributed by atoms with Crippen molar-refractivity contribution < 1.29 is 4.74 Å². The Bertz CT molecular complexity index is 517. The lowest BCUT2D eigenvalue weighted by atomic mass is 10.0. The molecule has 3 rings (SSSR count). The van der Waals surface area contributed by atoms with Crippen LogP contribution in [0.3, 0.4) is 0 Å². The summed E-state index contributed by atoms with van der Waals surface area (Å²) in [6, 6.07) is 10.5. The van der Waals surface area contributed by atoms with Gasteiger partial charge >= 0.3 is 6.01 Å². The van der Waals surface area contributed by atoms with Crippen LogP contribution in [0.15, 0.2) is 30.3 Å². The Morgan fingerprint density at radius 1 is 1.12 bits per heavy atom. The largest absolute Gasteiger partial charge is 0.426 e. The topological polar surface area (TPSA) is 27.1 Å². The fourth-order valence-corrected chi connectivity index (χ4v) is 2.35. The predicted molar refractivity (Wildman–Crippen MR) is 66.4 cm³/mol. The van der Waals surface area contributed by atoms with Gasteiger partial charge in [0.05, 0.1) is 5.69 Å². The van der Waals surface area contributed by atoms with Gasteiger partial charge in [-0.3, -0.25) is 0 Å². The van der Waals surface area contributed by atoms with Crippen molar-refractivity contribution in [2.75, 3.05) is 0 Å². The summed E-state index contributed by atoms with van der Waals surface area (Å²) in [5.74, 6) is 0.845. The van der Waals surface area contributed by atoms with E-state index < -0.39 is 0 Å². The van der Waals surface area contributed by atoms with E-state index in [-0.39, 0.29) is 0 Å². The van der Waals surface area contributed by atoms with E-state index in [9.17, 15) is 0 Å². The lowest BCUT2D eigenvalue weighted by molar-refractivity contribution is 0.422. The Hall–Kier alpha value is -1.77. The molecule has 0 radical (unpaired) electrons. The first-order valence-electron chi connectivity index (χ1n) is 6.12. The van der Waals surface area contributed by atoms with Crippen LogP contribution < -0.4 is 4.74 Å². The van der Waals surface area contributed by atoms with Gasteiger partial charge in [-0.25, -0.2) is 0 Å². The Kier molecular flexibility index (Phi) is 2.59. The fourth-order valence-electron chi connectivity index (χ4n) is 2.35. The number of rotatable bonds is 2. The van der Waals surface area contributed by atoms with Gasteiger partial charge in [0.25, 0.3) is 0 Å². The molecule has 0 N–H and O–H groups in total. The van der Waals surface area contributed by atoms with Crippen LogP contribution in [-0.4, -0.2) is 9.55 Å². The Morgan fingerprint density at radius 2 is 1.88 bits per heavy atom. The molecule has 1 heterocycles. The number of imidazole rings is 1. The van der Waals surface area contributed by atoms with Gasteiger partial charge in [-0.15, -0.1) is 0 Å². The van der Waals surface area contributed by atoms with Gasteiger partial charge in [-0.1, -0.05) is 18.2 Å². The molecule has 0 amide bonds. The SMILES string of the molecule is Cn1c(Oc2ccccc2)nc2c1CCCC2. The molecule has 2 aromatic rings. The number of hydrogen-bond donors (Lipinski definition) is 0. The zero-order chi connectivity index (χ0) is 11.7. The first kappa shape index (κ1) is 10.4. The van der Waals surface area contributed by atoms with Gasteiger partial charge in [0, 0.05) is 12.7 Å². The minimum Gasteiger partial charge on any atom is -0.426 e. The molecule has 0 spiro atoms. The molecule has 3 nitrogen and oxygen atoms in total. The Balaban J connectivity index is 1.91. The fraction of sp³-hybridized carbons (Fsp3) is 0.357. The van der Waals surface area contributed by atoms with Crippen LogP contribution in [0.25, 0.3) is 0 Å². The van der Waals surface area contributed by atoms with Gasteiger partial charge < -0.3 is 9.30 Å². The quantitative estimate of drug-likeness (QED) is 0.789. The number of nitrogens with zero attached hydrogens (tertiary/aromatic N) is 2. The van der Waals surface area contributed by atoms with Crippen LogP contribution in [0.5, 0.6) is 11.8 Å². The highest BCUT2D eigenvalue weighted by Gasteiger charge is 2.18. The van der Waals surface area contributed by atoms with Crippen molar-refractivity contribution in [3.63, 3.8) is 0 Å². The number of fused-ring (bicyclic) bond motifs is 1. The lowest BCUT2D eigenvalue weighted by Gasteiger charge is -2.11. The second kappa shape index (κ2) is 4.24. The van der Waals surface area contributed by atoms with Gasteiger partial charge in [-0.2, -0.15) is 4.98 Å². The maximum absolute atomic E-state index is 5.81. The highest BCUT2D eigenvalue weighted by atomic mass is 16.5. The highest BCUT2D eigenvalue weighted by Crippen LogP contribution is 2.27. The summed E-state index contributed by atoms with van der Waals surface area (Å²) in [7, 11) is 2.04. The molecule has 0 aliphatic heterocycles. The second-order valence-corrected chi connectivity index (χ2v) is 4.47. The molecule has 0 bridgehead atoms. The zero-order valence-corrected chi connectivity index (χ0v) is 10.0. The molecule has 0 saturated carbocycles. The summed E-state index contributed by atoms with van der Waals surface area (Å²) in [5, 5.41) is 0. The molecule has 1 aliphatic carbocycles. The summed E-state index contributed by atoms with van der Waals surface area (Å²) in [5.41, 5.74) is 2.55. The third kappa shape index (κ3) is 1.93. The first-order chi connectivity index (χ1) is 8.34. The number of hydrogen-bond acceptors (Lipinski definition) is 2. The van der Waals surface area contributed by atoms with Crippen molar-refractivity contribution in [3.8, 4) is 11.8 Å². The monoisotopic (exact) mass is 228 g/mol. The zero-order valence-electron chi connectivity index (χ0n) is 10.0. The van der Waals surface area contributed by atoms with E-state index in [0.29, 0.717) is 6.01 Å². The van der Waals surface area contributed by atoms with Crippen LogP contribution in [0, 0.1) is 0 Å². The van der Waals surface area contributed by atoms with Crippen LogP contribution in [0.1, 0.15) is 24.2 Å². The van der Waals surface area contributed by atoms with Crippen molar-refractivity contribution >= 4 is 0 Å². The van der Waals surface area contributed by atoms with Crippen molar-refractivity contribution in [1.29, 1.82) is 0 Å². The smallest absolute Gasteiger partial charge is 0.302 e. The molecule has 17 heavy (non-hydrogen) atoms. The summed E-state index contributed by atoms with van der Waals surface area (Å²) >= 11 is 0. The average Bonchev–Trinajstić information content (AvgIpc) is 2.68. The maximum atomic E-state index is 5.81. The third-order valence-corrected chi connectivity index (χ3v) is 3.29. The number of benzene rings is 1. The predicted octanol–water partition coefficient (Wildman–Crippen LogP) is 3.09. The molecule has 0 fully saturated rings. The minimum atomic E-state index is 0.711. The van der Waals surface area contributed by atoms with E-state index in [2.05, 4.69) is 9.55 Å². The van der Waals surface area contributed by atoms with Crippen molar-refractivity contribution in [2.24, 2.45) is 7.05 Å². The standard InChI is InChI=1S/C14H16N2O/c1-16-13-10-6-5-9-12(13)15-14(16)17-11-7-3-2-4-8-11/h2-4,7-8H,5-6,9-10H2,1H3. The molecule has 0 unspecified atom stereocenters. The number of aromatic nitrogens is 2. The van der Waals surface area contributed by atoms with E-state index >= 15 is 0 Å². The van der Waals surface area contributed by atoms with Crippen molar-refractivity contribution in [2.45, 2.75) is 25.7 Å². The summed E-state index contributed by atoms with van der Waals surface area (Å²) in [6.45, 7) is 0. The molecule has 1 aromatic carbocycles. The molecule has 0 atom stereocenters. The van der Waals surface area contributed by atoms with Gasteiger partial charge in [-0.05, 0) is 37.8 Å². The summed E-state index contributed by atoms with van der Waals surface area (Å²) in [6.07, 6.45) is 4.71. The first-order valence-corrected chi connectivity index (χ1v) is 6.12. The van der Waals surface area contributed by atoms with Crippen LogP contribution in [-0.2, 0) is 19.9 Å². The summed E-state index contributed by atoms with van der Waals surface area (Å²) < 4.78 is 7.90. The molecular formula is C14H16N2O. The molecule has 0 saturated heterocycles. The average molecular weight is 228 g/mol. The second-order valence-electron chi connectivity index (χ2n) is 4.47. The van der Waals surface area contributed by atoms with E-state index in [1.807, 2.05) is 37.4 Å². The molecule has 1 aliphatic rings. The number of para-hydroxylation sites is 1. The molecular weight excluding hydrogens is 212 g/mol. The van der Waals surface area contributed by atoms with E-state index in [1.165, 1.54) is 24.2 Å². The van der Waals surface area contributed by atoms with Crippen LogP contribution >= 0.6 is 0 Å². The minimum absolute atomic E-state index is 0.711. The molecule has 1 aromatic heterocycles. The van der Waals surface area contributed by atoms with E-state index in [4.69, 9.17) is 4.74 Å². The maximum Gasteiger partial charge on any atom is 0.302 e. The Morgan fingerprint density at radius 3 is 2.65 bits per heavy atom. The Labute approximate surface area is 101 Å². The van der Waals surface area contributed by atoms with E-state index in [0.717, 1.165) is 18.6 Å². The lowest BCUT2D eigenvalue weighted by Crippen LogP contribution is -2.05. The van der Waals surface area contributed by atoms with Crippen molar-refractivity contribution in [1.82, 2.24) is 9.55 Å².